The summed E-state index contributed by atoms with van der Waals surface area (Å²) in [6, 6.07) is 6.58. The van der Waals surface area contributed by atoms with Crippen LogP contribution in [-0.4, -0.2) is 42.9 Å². The molecule has 1 aromatic carbocycles. The molecule has 0 bridgehead atoms. The van der Waals surface area contributed by atoms with Gasteiger partial charge in [-0.15, -0.1) is 11.6 Å². The maximum atomic E-state index is 12.8. The van der Waals surface area contributed by atoms with Crippen molar-refractivity contribution in [2.45, 2.75) is 43.0 Å². The Morgan fingerprint density at radius 2 is 1.90 bits per heavy atom. The van der Waals surface area contributed by atoms with Crippen molar-refractivity contribution >= 4 is 21.6 Å². The minimum Gasteiger partial charge on any atom is -0.395 e. The average molecular weight is 332 g/mol. The summed E-state index contributed by atoms with van der Waals surface area (Å²) in [6.45, 7) is 0.362. The van der Waals surface area contributed by atoms with Crippen LogP contribution in [0.4, 0.5) is 0 Å². The lowest BCUT2D eigenvalue weighted by molar-refractivity contribution is 0.186. The maximum Gasteiger partial charge on any atom is 0.243 e. The van der Waals surface area contributed by atoms with Crippen molar-refractivity contribution in [3.8, 4) is 0 Å². The molecule has 1 fully saturated rings. The number of sulfonamides is 1. The largest absolute Gasteiger partial charge is 0.395 e. The molecule has 1 aromatic rings. The molecule has 6 heteroatoms. The highest BCUT2D eigenvalue weighted by molar-refractivity contribution is 7.89. The molecule has 0 amide bonds. The Morgan fingerprint density at radius 1 is 1.19 bits per heavy atom. The van der Waals surface area contributed by atoms with Crippen molar-refractivity contribution < 1.29 is 13.5 Å². The molecule has 0 aliphatic carbocycles. The predicted molar refractivity (Wildman–Crippen MR) is 84.1 cm³/mol. The number of aliphatic hydroxyl groups is 1. The fraction of sp³-hybridized carbons (Fsp3) is 0.600. The van der Waals surface area contributed by atoms with E-state index in [2.05, 4.69) is 0 Å². The quantitative estimate of drug-likeness (QED) is 0.843. The molecule has 21 heavy (non-hydrogen) atoms. The molecule has 0 radical (unpaired) electrons. The molecule has 1 aliphatic heterocycles. The monoisotopic (exact) mass is 331 g/mol. The van der Waals surface area contributed by atoms with Gasteiger partial charge in [0, 0.05) is 18.5 Å². The molecule has 0 saturated carbocycles. The molecule has 2 rings (SSSR count). The summed E-state index contributed by atoms with van der Waals surface area (Å²) in [5.74, 6) is 0.519. The van der Waals surface area contributed by atoms with E-state index in [1.807, 2.05) is 0 Å². The fourth-order valence-electron chi connectivity index (χ4n) is 2.72. The Hall–Kier alpha value is -0.620. The van der Waals surface area contributed by atoms with E-state index in [-0.39, 0.29) is 12.6 Å². The molecule has 0 aromatic heterocycles. The Kier molecular flexibility index (Phi) is 6.05. The predicted octanol–water partition coefficient (Wildman–Crippen LogP) is 2.39. The molecule has 1 heterocycles. The van der Waals surface area contributed by atoms with Crippen molar-refractivity contribution in [2.75, 3.05) is 19.0 Å². The summed E-state index contributed by atoms with van der Waals surface area (Å²) in [6.07, 6.45) is 4.27. The van der Waals surface area contributed by atoms with Crippen LogP contribution in [0.5, 0.6) is 0 Å². The summed E-state index contributed by atoms with van der Waals surface area (Å²) < 4.78 is 27.0. The number of aryl methyl sites for hydroxylation is 1. The zero-order chi connectivity index (χ0) is 15.3. The zero-order valence-corrected chi connectivity index (χ0v) is 13.6. The number of rotatable bonds is 5. The van der Waals surface area contributed by atoms with Crippen LogP contribution in [0.1, 0.15) is 31.2 Å². The number of benzene rings is 1. The number of aliphatic hydroxyl groups excluding tert-OH is 1. The van der Waals surface area contributed by atoms with E-state index in [1.54, 1.807) is 24.3 Å². The minimum absolute atomic E-state index is 0.121. The van der Waals surface area contributed by atoms with Gasteiger partial charge < -0.3 is 5.11 Å². The third-order valence-electron chi connectivity index (χ3n) is 3.95. The van der Waals surface area contributed by atoms with Crippen LogP contribution < -0.4 is 0 Å². The second-order valence-electron chi connectivity index (χ2n) is 5.38. The summed E-state index contributed by atoms with van der Waals surface area (Å²) >= 11 is 5.69. The third-order valence-corrected chi connectivity index (χ3v) is 6.10. The van der Waals surface area contributed by atoms with Gasteiger partial charge in [-0.3, -0.25) is 0 Å². The first-order valence-electron chi connectivity index (χ1n) is 7.37. The van der Waals surface area contributed by atoms with Gasteiger partial charge in [-0.25, -0.2) is 8.42 Å². The number of hydrogen-bond donors (Lipinski definition) is 1. The smallest absolute Gasteiger partial charge is 0.243 e. The molecule has 4 nitrogen and oxygen atoms in total. The van der Waals surface area contributed by atoms with Gasteiger partial charge in [-0.05, 0) is 37.0 Å². The Morgan fingerprint density at radius 3 is 2.52 bits per heavy atom. The molecule has 1 unspecified atom stereocenters. The van der Waals surface area contributed by atoms with Gasteiger partial charge in [-0.2, -0.15) is 4.31 Å². The maximum absolute atomic E-state index is 12.8. The van der Waals surface area contributed by atoms with E-state index in [0.29, 0.717) is 17.3 Å². The van der Waals surface area contributed by atoms with Crippen LogP contribution in [0, 0.1) is 0 Å². The Bertz CT molecular complexity index is 545. The molecule has 1 saturated heterocycles. The first kappa shape index (κ1) is 16.7. The van der Waals surface area contributed by atoms with Crippen molar-refractivity contribution in [1.29, 1.82) is 0 Å². The molecule has 118 valence electrons. The second kappa shape index (κ2) is 7.58. The minimum atomic E-state index is -3.54. The van der Waals surface area contributed by atoms with Gasteiger partial charge in [0.1, 0.15) is 0 Å². The zero-order valence-electron chi connectivity index (χ0n) is 12.0. The van der Waals surface area contributed by atoms with Crippen LogP contribution in [0.2, 0.25) is 0 Å². The average Bonchev–Trinajstić information content (AvgIpc) is 2.73. The topological polar surface area (TPSA) is 57.6 Å². The fourth-order valence-corrected chi connectivity index (χ4v) is 4.63. The highest BCUT2D eigenvalue weighted by atomic mass is 35.5. The number of nitrogens with zero attached hydrogens (tertiary/aromatic N) is 1. The summed E-state index contributed by atoms with van der Waals surface area (Å²) in [7, 11) is -3.54. The highest BCUT2D eigenvalue weighted by Gasteiger charge is 2.31. The van der Waals surface area contributed by atoms with E-state index in [4.69, 9.17) is 11.6 Å². The van der Waals surface area contributed by atoms with Crippen LogP contribution in [-0.2, 0) is 16.4 Å². The van der Waals surface area contributed by atoms with E-state index in [1.165, 1.54) is 4.31 Å². The molecule has 1 atom stereocenters. The van der Waals surface area contributed by atoms with Gasteiger partial charge in [-0.1, -0.05) is 25.0 Å². The number of alkyl halides is 1. The highest BCUT2D eigenvalue weighted by Crippen LogP contribution is 2.25. The molecular formula is C15H22ClNO3S. The SMILES string of the molecule is O=S(=O)(c1ccc(CCCl)cc1)N1CCCCCC1CO. The van der Waals surface area contributed by atoms with Crippen LogP contribution in [0.15, 0.2) is 29.2 Å². The second-order valence-corrected chi connectivity index (χ2v) is 7.65. The lowest BCUT2D eigenvalue weighted by atomic mass is 10.1. The summed E-state index contributed by atoms with van der Waals surface area (Å²) in [5.41, 5.74) is 1.03. The summed E-state index contributed by atoms with van der Waals surface area (Å²) in [5, 5.41) is 9.49. The van der Waals surface area contributed by atoms with Gasteiger partial charge in [0.15, 0.2) is 0 Å². The van der Waals surface area contributed by atoms with Gasteiger partial charge in [0.25, 0.3) is 0 Å². The molecule has 1 N–H and O–H groups in total. The van der Waals surface area contributed by atoms with Crippen LogP contribution in [0.25, 0.3) is 0 Å². The van der Waals surface area contributed by atoms with Crippen LogP contribution in [0.3, 0.4) is 0 Å². The molecule has 0 spiro atoms. The van der Waals surface area contributed by atoms with E-state index >= 15 is 0 Å². The first-order chi connectivity index (χ1) is 10.1. The van der Waals surface area contributed by atoms with E-state index < -0.39 is 10.0 Å². The number of hydrogen-bond acceptors (Lipinski definition) is 3. The van der Waals surface area contributed by atoms with E-state index in [9.17, 15) is 13.5 Å². The standard InChI is InChI=1S/C15H22ClNO3S/c16-10-9-13-5-7-15(8-6-13)21(19,20)17-11-3-1-2-4-14(17)12-18/h5-8,14,18H,1-4,9-12H2. The van der Waals surface area contributed by atoms with Gasteiger partial charge in [0.2, 0.25) is 10.0 Å². The van der Waals surface area contributed by atoms with Gasteiger partial charge in [0.05, 0.1) is 11.5 Å². The number of halogens is 1. The van der Waals surface area contributed by atoms with Crippen molar-refractivity contribution in [2.24, 2.45) is 0 Å². The van der Waals surface area contributed by atoms with Crippen LogP contribution >= 0.6 is 11.6 Å². The van der Waals surface area contributed by atoms with Crippen molar-refractivity contribution in [1.82, 2.24) is 4.31 Å². The molecular weight excluding hydrogens is 310 g/mol. The van der Waals surface area contributed by atoms with Crippen molar-refractivity contribution in [3.63, 3.8) is 0 Å². The lowest BCUT2D eigenvalue weighted by Gasteiger charge is -2.27. The van der Waals surface area contributed by atoms with Gasteiger partial charge >= 0.3 is 0 Å². The normalized spacial score (nSPS) is 21.1. The van der Waals surface area contributed by atoms with E-state index in [0.717, 1.165) is 37.7 Å². The first-order valence-corrected chi connectivity index (χ1v) is 9.34. The molecule has 1 aliphatic rings. The van der Waals surface area contributed by atoms with Crippen molar-refractivity contribution in [3.05, 3.63) is 29.8 Å². The Balaban J connectivity index is 2.26. The Labute approximate surface area is 131 Å². The summed E-state index contributed by atoms with van der Waals surface area (Å²) in [4.78, 5) is 0.293. The lowest BCUT2D eigenvalue weighted by Crippen LogP contribution is -2.42. The third kappa shape index (κ3) is 3.97.